The highest BCUT2D eigenvalue weighted by atomic mass is 35.5. The third-order valence-electron chi connectivity index (χ3n) is 4.02. The van der Waals surface area contributed by atoms with Crippen molar-refractivity contribution in [3.8, 4) is 5.75 Å². The lowest BCUT2D eigenvalue weighted by molar-refractivity contribution is -0.156. The van der Waals surface area contributed by atoms with E-state index in [1.807, 2.05) is 18.7 Å². The molecule has 1 fully saturated rings. The van der Waals surface area contributed by atoms with Crippen molar-refractivity contribution in [2.45, 2.75) is 45.2 Å². The smallest absolute Gasteiger partial charge is 0.344 e. The van der Waals surface area contributed by atoms with Gasteiger partial charge in [0.1, 0.15) is 5.75 Å². The molecular formula is C17H22ClNO4. The topological polar surface area (TPSA) is 55.8 Å². The van der Waals surface area contributed by atoms with Crippen LogP contribution >= 0.6 is 11.6 Å². The van der Waals surface area contributed by atoms with E-state index in [-0.39, 0.29) is 31.2 Å². The maximum Gasteiger partial charge on any atom is 0.344 e. The number of hydrogen-bond donors (Lipinski definition) is 0. The van der Waals surface area contributed by atoms with Crippen LogP contribution < -0.4 is 4.74 Å². The van der Waals surface area contributed by atoms with Gasteiger partial charge in [-0.2, -0.15) is 0 Å². The van der Waals surface area contributed by atoms with E-state index in [9.17, 15) is 9.59 Å². The number of carbonyl (C=O) groups is 2. The molecule has 1 heterocycles. The first-order valence-electron chi connectivity index (χ1n) is 7.83. The molecule has 1 aromatic rings. The van der Waals surface area contributed by atoms with Gasteiger partial charge in [0.25, 0.3) is 5.91 Å². The number of rotatable bonds is 5. The summed E-state index contributed by atoms with van der Waals surface area (Å²) in [5.74, 6) is -0.331. The Morgan fingerprint density at radius 1 is 1.17 bits per heavy atom. The Balaban J connectivity index is 1.77. The zero-order valence-electron chi connectivity index (χ0n) is 13.5. The Bertz CT molecular complexity index is 553. The van der Waals surface area contributed by atoms with Crippen LogP contribution in [-0.4, -0.2) is 42.1 Å². The summed E-state index contributed by atoms with van der Waals surface area (Å²) in [4.78, 5) is 25.8. The second-order valence-electron chi connectivity index (χ2n) is 5.81. The molecule has 0 aliphatic carbocycles. The molecule has 2 unspecified atom stereocenters. The molecule has 2 rings (SSSR count). The number of para-hydroxylation sites is 1. The molecule has 0 radical (unpaired) electrons. The van der Waals surface area contributed by atoms with Gasteiger partial charge in [-0.05, 0) is 45.2 Å². The van der Waals surface area contributed by atoms with Gasteiger partial charge in [0.15, 0.2) is 13.2 Å². The Kier molecular flexibility index (Phi) is 6.28. The van der Waals surface area contributed by atoms with Crippen LogP contribution in [0.2, 0.25) is 5.02 Å². The Morgan fingerprint density at radius 3 is 2.48 bits per heavy atom. The molecule has 126 valence electrons. The summed E-state index contributed by atoms with van der Waals surface area (Å²) in [6.45, 7) is 3.52. The normalized spacial score (nSPS) is 20.9. The average molecular weight is 340 g/mol. The summed E-state index contributed by atoms with van der Waals surface area (Å²) in [6, 6.07) is 7.24. The minimum atomic E-state index is -0.587. The number of carbonyl (C=O) groups excluding carboxylic acids is 2. The number of halogens is 1. The molecule has 0 N–H and O–H groups in total. The summed E-state index contributed by atoms with van der Waals surface area (Å²) in [7, 11) is 0. The second kappa shape index (κ2) is 8.20. The van der Waals surface area contributed by atoms with Crippen molar-refractivity contribution in [2.24, 2.45) is 0 Å². The summed E-state index contributed by atoms with van der Waals surface area (Å²) >= 11 is 5.93. The molecule has 1 amide bonds. The summed E-state index contributed by atoms with van der Waals surface area (Å²) in [6.07, 6.45) is 3.09. The van der Waals surface area contributed by atoms with Gasteiger partial charge in [0, 0.05) is 12.1 Å². The first-order chi connectivity index (χ1) is 11.0. The van der Waals surface area contributed by atoms with Gasteiger partial charge >= 0.3 is 5.97 Å². The van der Waals surface area contributed by atoms with Crippen LogP contribution in [0.15, 0.2) is 24.3 Å². The van der Waals surface area contributed by atoms with Crippen molar-refractivity contribution >= 4 is 23.5 Å². The van der Waals surface area contributed by atoms with E-state index in [1.54, 1.807) is 24.3 Å². The third kappa shape index (κ3) is 4.86. The SMILES string of the molecule is CC1CCCC(C)N1C(=O)COC(=O)COc1ccccc1Cl. The largest absolute Gasteiger partial charge is 0.480 e. The van der Waals surface area contributed by atoms with Crippen molar-refractivity contribution < 1.29 is 19.1 Å². The first kappa shape index (κ1) is 17.6. The van der Waals surface area contributed by atoms with Gasteiger partial charge in [-0.15, -0.1) is 0 Å². The molecule has 1 saturated heterocycles. The van der Waals surface area contributed by atoms with Gasteiger partial charge < -0.3 is 14.4 Å². The lowest BCUT2D eigenvalue weighted by Crippen LogP contribution is -2.49. The fourth-order valence-corrected chi connectivity index (χ4v) is 3.06. The van der Waals surface area contributed by atoms with Crippen molar-refractivity contribution in [1.82, 2.24) is 4.90 Å². The maximum absolute atomic E-state index is 12.2. The zero-order valence-corrected chi connectivity index (χ0v) is 14.2. The minimum absolute atomic E-state index is 0.157. The molecule has 1 aromatic carbocycles. The van der Waals surface area contributed by atoms with Crippen LogP contribution in [0.25, 0.3) is 0 Å². The van der Waals surface area contributed by atoms with Crippen LogP contribution in [0.1, 0.15) is 33.1 Å². The van der Waals surface area contributed by atoms with E-state index in [4.69, 9.17) is 21.1 Å². The van der Waals surface area contributed by atoms with Crippen molar-refractivity contribution in [3.63, 3.8) is 0 Å². The Hall–Kier alpha value is -1.75. The number of hydrogen-bond acceptors (Lipinski definition) is 4. The number of ether oxygens (including phenoxy) is 2. The molecule has 0 saturated carbocycles. The lowest BCUT2D eigenvalue weighted by atomic mass is 9.97. The second-order valence-corrected chi connectivity index (χ2v) is 6.22. The molecule has 23 heavy (non-hydrogen) atoms. The number of amides is 1. The fourth-order valence-electron chi connectivity index (χ4n) is 2.87. The summed E-state index contributed by atoms with van der Waals surface area (Å²) in [5.41, 5.74) is 0. The summed E-state index contributed by atoms with van der Waals surface area (Å²) < 4.78 is 10.3. The zero-order chi connectivity index (χ0) is 16.8. The molecule has 6 heteroatoms. The highest BCUT2D eigenvalue weighted by Gasteiger charge is 2.29. The van der Waals surface area contributed by atoms with E-state index in [0.717, 1.165) is 19.3 Å². The number of esters is 1. The van der Waals surface area contributed by atoms with Crippen molar-refractivity contribution in [1.29, 1.82) is 0 Å². The minimum Gasteiger partial charge on any atom is -0.480 e. The molecule has 5 nitrogen and oxygen atoms in total. The first-order valence-corrected chi connectivity index (χ1v) is 8.21. The monoisotopic (exact) mass is 339 g/mol. The predicted octanol–water partition coefficient (Wildman–Crippen LogP) is 3.05. The number of benzene rings is 1. The standard InChI is InChI=1S/C17H22ClNO4/c1-12-6-5-7-13(2)19(12)16(20)10-23-17(21)11-22-15-9-4-3-8-14(15)18/h3-4,8-9,12-13H,5-7,10-11H2,1-2H3. The highest BCUT2D eigenvalue weighted by molar-refractivity contribution is 6.32. The van der Waals surface area contributed by atoms with Gasteiger partial charge in [-0.25, -0.2) is 4.79 Å². The lowest BCUT2D eigenvalue weighted by Gasteiger charge is -2.38. The molecule has 0 bridgehead atoms. The van der Waals surface area contributed by atoms with E-state index in [1.165, 1.54) is 0 Å². The van der Waals surface area contributed by atoms with E-state index in [0.29, 0.717) is 10.8 Å². The molecule has 1 aliphatic rings. The molecule has 1 aliphatic heterocycles. The van der Waals surface area contributed by atoms with E-state index in [2.05, 4.69) is 0 Å². The average Bonchev–Trinajstić information content (AvgIpc) is 2.52. The molecule has 0 spiro atoms. The molecule has 2 atom stereocenters. The third-order valence-corrected chi connectivity index (χ3v) is 4.33. The number of nitrogens with zero attached hydrogens (tertiary/aromatic N) is 1. The van der Waals surface area contributed by atoms with Gasteiger partial charge in [-0.1, -0.05) is 23.7 Å². The van der Waals surface area contributed by atoms with Gasteiger partial charge in [0.05, 0.1) is 5.02 Å². The van der Waals surface area contributed by atoms with Crippen molar-refractivity contribution in [3.05, 3.63) is 29.3 Å². The Morgan fingerprint density at radius 2 is 1.83 bits per heavy atom. The van der Waals surface area contributed by atoms with Crippen LogP contribution in [0.5, 0.6) is 5.75 Å². The van der Waals surface area contributed by atoms with Crippen LogP contribution in [0, 0.1) is 0 Å². The van der Waals surface area contributed by atoms with E-state index >= 15 is 0 Å². The predicted molar refractivity (Wildman–Crippen MR) is 87.5 cm³/mol. The fraction of sp³-hybridized carbons (Fsp3) is 0.529. The summed E-state index contributed by atoms with van der Waals surface area (Å²) in [5, 5.41) is 0.423. The quantitative estimate of drug-likeness (QED) is 0.774. The molecular weight excluding hydrogens is 318 g/mol. The maximum atomic E-state index is 12.2. The van der Waals surface area contributed by atoms with Crippen LogP contribution in [0.3, 0.4) is 0 Å². The molecule has 0 aromatic heterocycles. The van der Waals surface area contributed by atoms with Crippen LogP contribution in [-0.2, 0) is 14.3 Å². The number of likely N-dealkylation sites (tertiary alicyclic amines) is 1. The highest BCUT2D eigenvalue weighted by Crippen LogP contribution is 2.23. The van der Waals surface area contributed by atoms with Gasteiger partial charge in [-0.3, -0.25) is 4.79 Å². The Labute approximate surface area is 141 Å². The van der Waals surface area contributed by atoms with Crippen molar-refractivity contribution in [2.75, 3.05) is 13.2 Å². The number of piperidine rings is 1. The van der Waals surface area contributed by atoms with Crippen LogP contribution in [0.4, 0.5) is 0 Å². The van der Waals surface area contributed by atoms with Gasteiger partial charge in [0.2, 0.25) is 0 Å². The van der Waals surface area contributed by atoms with E-state index < -0.39 is 5.97 Å².